The fourth-order valence-corrected chi connectivity index (χ4v) is 3.40. The number of ether oxygens (including phenoxy) is 1. The highest BCUT2D eigenvalue weighted by molar-refractivity contribution is 5.89. The van der Waals surface area contributed by atoms with E-state index in [4.69, 9.17) is 4.74 Å². The predicted molar refractivity (Wildman–Crippen MR) is 122 cm³/mol. The molecule has 0 atom stereocenters. The van der Waals surface area contributed by atoms with Crippen LogP contribution in [-0.4, -0.2) is 29.2 Å². The van der Waals surface area contributed by atoms with E-state index >= 15 is 0 Å². The van der Waals surface area contributed by atoms with E-state index in [-0.39, 0.29) is 6.03 Å². The summed E-state index contributed by atoms with van der Waals surface area (Å²) >= 11 is 0. The lowest BCUT2D eigenvalue weighted by Gasteiger charge is -2.24. The Kier molecular flexibility index (Phi) is 7.95. The van der Waals surface area contributed by atoms with Crippen molar-refractivity contribution in [2.24, 2.45) is 0 Å². The van der Waals surface area contributed by atoms with Gasteiger partial charge in [-0.05, 0) is 48.4 Å². The molecule has 0 fully saturated rings. The Morgan fingerprint density at radius 1 is 1.00 bits per heavy atom. The minimum absolute atomic E-state index is 0.0799. The molecule has 0 bridgehead atoms. The van der Waals surface area contributed by atoms with Crippen LogP contribution in [0.25, 0.3) is 0 Å². The number of rotatable bonds is 10. The van der Waals surface area contributed by atoms with E-state index in [9.17, 15) is 4.79 Å². The molecule has 0 aliphatic carbocycles. The summed E-state index contributed by atoms with van der Waals surface area (Å²) in [4.78, 5) is 14.9. The molecule has 0 unspecified atom stereocenters. The van der Waals surface area contributed by atoms with E-state index in [1.165, 1.54) is 5.56 Å². The van der Waals surface area contributed by atoms with Gasteiger partial charge in [0, 0.05) is 30.7 Å². The van der Waals surface area contributed by atoms with Crippen LogP contribution < -0.4 is 10.1 Å². The smallest absolute Gasteiger partial charge is 0.322 e. The fraction of sp³-hybridized carbons (Fsp3) is 0.320. The summed E-state index contributed by atoms with van der Waals surface area (Å²) in [5.41, 5.74) is 3.14. The van der Waals surface area contributed by atoms with Gasteiger partial charge in [-0.25, -0.2) is 4.79 Å². The van der Waals surface area contributed by atoms with Crippen molar-refractivity contribution in [1.82, 2.24) is 9.47 Å². The summed E-state index contributed by atoms with van der Waals surface area (Å²) in [5.74, 6) is 0.770. The Balaban J connectivity index is 1.70. The zero-order valence-electron chi connectivity index (χ0n) is 17.9. The van der Waals surface area contributed by atoms with Crippen LogP contribution in [0, 0.1) is 0 Å². The maximum absolute atomic E-state index is 13.0. The first-order chi connectivity index (χ1) is 14.7. The van der Waals surface area contributed by atoms with E-state index < -0.39 is 0 Å². The summed E-state index contributed by atoms with van der Waals surface area (Å²) in [5, 5.41) is 3.02. The highest BCUT2D eigenvalue weighted by Gasteiger charge is 2.16. The third-order valence-corrected chi connectivity index (χ3v) is 5.13. The lowest BCUT2D eigenvalue weighted by Crippen LogP contribution is -2.36. The minimum atomic E-state index is -0.0799. The average molecular weight is 406 g/mol. The summed E-state index contributed by atoms with van der Waals surface area (Å²) in [6, 6.07) is 21.9. The summed E-state index contributed by atoms with van der Waals surface area (Å²) in [7, 11) is 1.63. The quantitative estimate of drug-likeness (QED) is 0.435. The van der Waals surface area contributed by atoms with Crippen molar-refractivity contribution in [2.45, 2.75) is 39.3 Å². The van der Waals surface area contributed by atoms with Gasteiger partial charge in [0.1, 0.15) is 5.75 Å². The number of urea groups is 1. The lowest BCUT2D eigenvalue weighted by molar-refractivity contribution is 0.206. The SMILES string of the molecule is CCCCCN(Cc1cccn1Cc1ccccc1)C(=O)Nc1ccc(OC)cc1. The number of amides is 2. The number of aromatic nitrogens is 1. The van der Waals surface area contributed by atoms with Crippen LogP contribution in [-0.2, 0) is 13.1 Å². The number of carbonyl (C=O) groups excluding carboxylic acids is 1. The summed E-state index contributed by atoms with van der Waals surface area (Å²) < 4.78 is 7.40. The molecular weight excluding hydrogens is 374 g/mol. The second-order valence-corrected chi connectivity index (χ2v) is 7.40. The Labute approximate surface area is 179 Å². The van der Waals surface area contributed by atoms with Gasteiger partial charge in [0.2, 0.25) is 0 Å². The molecule has 1 aromatic heterocycles. The Hall–Kier alpha value is -3.21. The second-order valence-electron chi connectivity index (χ2n) is 7.40. The third-order valence-electron chi connectivity index (χ3n) is 5.13. The molecule has 30 heavy (non-hydrogen) atoms. The topological polar surface area (TPSA) is 46.5 Å². The van der Waals surface area contributed by atoms with Gasteiger partial charge < -0.3 is 19.5 Å². The molecule has 2 aromatic carbocycles. The monoisotopic (exact) mass is 405 g/mol. The molecule has 2 amide bonds. The first kappa shape index (κ1) is 21.5. The summed E-state index contributed by atoms with van der Waals surface area (Å²) in [6.45, 7) is 4.27. The minimum Gasteiger partial charge on any atom is -0.497 e. The van der Waals surface area contributed by atoms with Gasteiger partial charge in [-0.1, -0.05) is 50.1 Å². The Bertz CT molecular complexity index is 904. The normalized spacial score (nSPS) is 10.6. The lowest BCUT2D eigenvalue weighted by atomic mass is 10.2. The number of benzene rings is 2. The van der Waals surface area contributed by atoms with Crippen LogP contribution in [0.4, 0.5) is 10.5 Å². The summed E-state index contributed by atoms with van der Waals surface area (Å²) in [6.07, 6.45) is 5.30. The van der Waals surface area contributed by atoms with Crippen molar-refractivity contribution < 1.29 is 9.53 Å². The van der Waals surface area contributed by atoms with E-state index in [1.807, 2.05) is 41.3 Å². The first-order valence-corrected chi connectivity index (χ1v) is 10.6. The largest absolute Gasteiger partial charge is 0.497 e. The van der Waals surface area contributed by atoms with Gasteiger partial charge in [0.25, 0.3) is 0 Å². The van der Waals surface area contributed by atoms with Gasteiger partial charge in [-0.15, -0.1) is 0 Å². The number of anilines is 1. The number of hydrogen-bond donors (Lipinski definition) is 1. The van der Waals surface area contributed by atoms with Gasteiger partial charge in [0.15, 0.2) is 0 Å². The molecular formula is C25H31N3O2. The van der Waals surface area contributed by atoms with Crippen LogP contribution in [0.2, 0.25) is 0 Å². The van der Waals surface area contributed by atoms with Gasteiger partial charge in [-0.2, -0.15) is 0 Å². The molecule has 0 aliphatic rings. The molecule has 1 heterocycles. The maximum atomic E-state index is 13.0. The standard InChI is InChI=1S/C25H31N3O2/c1-3-4-8-17-28(25(29)26-22-13-15-24(30-2)16-14-22)20-23-12-9-18-27(23)19-21-10-6-5-7-11-21/h5-7,9-16,18H,3-4,8,17,19-20H2,1-2H3,(H,26,29). The number of hydrogen-bond acceptors (Lipinski definition) is 2. The third kappa shape index (κ3) is 6.14. The van der Waals surface area contributed by atoms with Crippen LogP contribution in [0.5, 0.6) is 5.75 Å². The highest BCUT2D eigenvalue weighted by atomic mass is 16.5. The van der Waals surface area contributed by atoms with Gasteiger partial charge in [0.05, 0.1) is 13.7 Å². The van der Waals surface area contributed by atoms with Crippen molar-refractivity contribution in [2.75, 3.05) is 19.0 Å². The average Bonchev–Trinajstić information content (AvgIpc) is 3.21. The number of carbonyl (C=O) groups is 1. The molecule has 5 heteroatoms. The van der Waals surface area contributed by atoms with Gasteiger partial charge in [-0.3, -0.25) is 0 Å². The van der Waals surface area contributed by atoms with Crippen molar-refractivity contribution in [3.05, 3.63) is 84.2 Å². The maximum Gasteiger partial charge on any atom is 0.322 e. The van der Waals surface area contributed by atoms with E-state index in [0.717, 1.165) is 49.5 Å². The second kappa shape index (κ2) is 11.1. The van der Waals surface area contributed by atoms with Crippen LogP contribution in [0.15, 0.2) is 72.9 Å². The molecule has 5 nitrogen and oxygen atoms in total. The Morgan fingerprint density at radius 2 is 1.77 bits per heavy atom. The molecule has 3 rings (SSSR count). The number of nitrogens with one attached hydrogen (secondary N) is 1. The molecule has 0 spiro atoms. The molecule has 0 aliphatic heterocycles. The van der Waals surface area contributed by atoms with E-state index in [0.29, 0.717) is 6.54 Å². The first-order valence-electron chi connectivity index (χ1n) is 10.6. The Morgan fingerprint density at radius 3 is 2.47 bits per heavy atom. The zero-order chi connectivity index (χ0) is 21.2. The molecule has 1 N–H and O–H groups in total. The zero-order valence-corrected chi connectivity index (χ0v) is 17.9. The van der Waals surface area contributed by atoms with Crippen LogP contribution in [0.1, 0.15) is 37.4 Å². The number of methoxy groups -OCH3 is 1. The number of unbranched alkanes of at least 4 members (excludes halogenated alkanes) is 2. The number of nitrogens with zero attached hydrogens (tertiary/aromatic N) is 2. The van der Waals surface area contributed by atoms with E-state index in [1.54, 1.807) is 7.11 Å². The molecule has 158 valence electrons. The van der Waals surface area contributed by atoms with Crippen LogP contribution >= 0.6 is 0 Å². The molecule has 3 aromatic rings. The van der Waals surface area contributed by atoms with Crippen molar-refractivity contribution in [1.29, 1.82) is 0 Å². The van der Waals surface area contributed by atoms with E-state index in [2.05, 4.69) is 53.3 Å². The van der Waals surface area contributed by atoms with Crippen LogP contribution in [0.3, 0.4) is 0 Å². The predicted octanol–water partition coefficient (Wildman–Crippen LogP) is 5.77. The van der Waals surface area contributed by atoms with Crippen molar-refractivity contribution in [3.8, 4) is 5.75 Å². The molecule has 0 saturated carbocycles. The van der Waals surface area contributed by atoms with Crippen molar-refractivity contribution >= 4 is 11.7 Å². The fourth-order valence-electron chi connectivity index (χ4n) is 3.40. The molecule has 0 radical (unpaired) electrons. The van der Waals surface area contributed by atoms with Crippen molar-refractivity contribution in [3.63, 3.8) is 0 Å². The van der Waals surface area contributed by atoms with Gasteiger partial charge >= 0.3 is 6.03 Å². The highest BCUT2D eigenvalue weighted by Crippen LogP contribution is 2.17. The molecule has 0 saturated heterocycles.